The van der Waals surface area contributed by atoms with Gasteiger partial charge in [-0.15, -0.1) is 0 Å². The van der Waals surface area contributed by atoms with Crippen molar-refractivity contribution < 1.29 is 4.52 Å². The van der Waals surface area contributed by atoms with E-state index in [1.165, 1.54) is 5.56 Å². The second kappa shape index (κ2) is 5.89. The number of hydrogen-bond acceptors (Lipinski definition) is 5. The number of benzene rings is 2. The molecule has 23 heavy (non-hydrogen) atoms. The van der Waals surface area contributed by atoms with Crippen LogP contribution in [0.15, 0.2) is 58.2 Å². The van der Waals surface area contributed by atoms with Crippen LogP contribution in [0.25, 0.3) is 22.5 Å². The molecule has 114 valence electrons. The maximum absolute atomic E-state index is 5.35. The van der Waals surface area contributed by atoms with Gasteiger partial charge in [0, 0.05) is 5.56 Å². The van der Waals surface area contributed by atoms with E-state index in [4.69, 9.17) is 4.52 Å². The summed E-state index contributed by atoms with van der Waals surface area (Å²) in [5, 5.41) is 4.90. The fourth-order valence-corrected chi connectivity index (χ4v) is 3.07. The van der Waals surface area contributed by atoms with Crippen LogP contribution in [-0.2, 0) is 5.75 Å². The number of nitrogens with zero attached hydrogens (tertiary/aromatic N) is 3. The maximum atomic E-state index is 5.35. The van der Waals surface area contributed by atoms with E-state index in [-0.39, 0.29) is 0 Å². The highest BCUT2D eigenvalue weighted by atomic mass is 32.2. The van der Waals surface area contributed by atoms with Gasteiger partial charge in [0.05, 0.1) is 16.8 Å². The van der Waals surface area contributed by atoms with Gasteiger partial charge in [-0.1, -0.05) is 46.7 Å². The van der Waals surface area contributed by atoms with E-state index < -0.39 is 0 Å². The Kier molecular flexibility index (Phi) is 3.59. The third kappa shape index (κ3) is 2.98. The standard InChI is InChI=1S/C17H14N4OS/c1-11-5-4-6-12(9-11)16-20-15(21-22-16)10-23-17-18-13-7-2-3-8-14(13)19-17/h2-9H,10H2,1H3,(H,18,19). The van der Waals surface area contributed by atoms with Gasteiger partial charge in [0.15, 0.2) is 11.0 Å². The molecule has 4 rings (SSSR count). The third-order valence-corrected chi connectivity index (χ3v) is 4.31. The molecule has 0 amide bonds. The molecule has 0 aliphatic rings. The number of aryl methyl sites for hydroxylation is 1. The predicted molar refractivity (Wildman–Crippen MR) is 90.1 cm³/mol. The van der Waals surface area contributed by atoms with Gasteiger partial charge in [0.2, 0.25) is 0 Å². The van der Waals surface area contributed by atoms with Crippen molar-refractivity contribution in [3.8, 4) is 11.5 Å². The summed E-state index contributed by atoms with van der Waals surface area (Å²) in [7, 11) is 0. The van der Waals surface area contributed by atoms with E-state index in [1.807, 2.05) is 55.5 Å². The molecule has 0 aliphatic heterocycles. The van der Waals surface area contributed by atoms with E-state index in [9.17, 15) is 0 Å². The van der Waals surface area contributed by atoms with Gasteiger partial charge in [0.1, 0.15) is 0 Å². The Bertz CT molecular complexity index is 927. The van der Waals surface area contributed by atoms with Crippen LogP contribution in [0.3, 0.4) is 0 Å². The van der Waals surface area contributed by atoms with Crippen molar-refractivity contribution in [2.45, 2.75) is 17.8 Å². The van der Waals surface area contributed by atoms with Crippen LogP contribution in [0.4, 0.5) is 0 Å². The van der Waals surface area contributed by atoms with Crippen LogP contribution in [-0.4, -0.2) is 20.1 Å². The number of thioether (sulfide) groups is 1. The number of rotatable bonds is 4. The summed E-state index contributed by atoms with van der Waals surface area (Å²) < 4.78 is 5.35. The Hall–Kier alpha value is -2.60. The van der Waals surface area contributed by atoms with Crippen molar-refractivity contribution >= 4 is 22.8 Å². The number of imidazole rings is 1. The van der Waals surface area contributed by atoms with Crippen molar-refractivity contribution in [3.05, 3.63) is 59.9 Å². The lowest BCUT2D eigenvalue weighted by Gasteiger charge is -1.95. The number of nitrogens with one attached hydrogen (secondary N) is 1. The third-order valence-electron chi connectivity index (χ3n) is 3.44. The molecule has 2 aromatic carbocycles. The summed E-state index contributed by atoms with van der Waals surface area (Å²) in [5.74, 6) is 1.82. The highest BCUT2D eigenvalue weighted by Gasteiger charge is 2.10. The predicted octanol–water partition coefficient (Wildman–Crippen LogP) is 4.21. The van der Waals surface area contributed by atoms with E-state index in [2.05, 4.69) is 20.1 Å². The molecule has 0 bridgehead atoms. The first-order valence-electron chi connectivity index (χ1n) is 7.25. The minimum atomic E-state index is 0.550. The van der Waals surface area contributed by atoms with Gasteiger partial charge in [-0.05, 0) is 31.2 Å². The Morgan fingerprint density at radius 2 is 2.00 bits per heavy atom. The number of hydrogen-bond donors (Lipinski definition) is 1. The molecule has 0 saturated carbocycles. The fraction of sp³-hybridized carbons (Fsp3) is 0.118. The normalized spacial score (nSPS) is 11.2. The van der Waals surface area contributed by atoms with Crippen molar-refractivity contribution in [1.82, 2.24) is 20.1 Å². The Balaban J connectivity index is 1.49. The number of para-hydroxylation sites is 2. The van der Waals surface area contributed by atoms with Crippen molar-refractivity contribution in [3.63, 3.8) is 0 Å². The first-order chi connectivity index (χ1) is 11.3. The van der Waals surface area contributed by atoms with Crippen molar-refractivity contribution in [2.24, 2.45) is 0 Å². The molecule has 2 aromatic heterocycles. The van der Waals surface area contributed by atoms with E-state index >= 15 is 0 Å². The second-order valence-electron chi connectivity index (χ2n) is 5.23. The average molecular weight is 322 g/mol. The molecule has 0 fully saturated rings. The van der Waals surface area contributed by atoms with Crippen LogP contribution in [0.5, 0.6) is 0 Å². The fourth-order valence-electron chi connectivity index (χ4n) is 2.34. The summed E-state index contributed by atoms with van der Waals surface area (Å²) in [6.07, 6.45) is 0. The van der Waals surface area contributed by atoms with Crippen molar-refractivity contribution in [1.29, 1.82) is 0 Å². The summed E-state index contributed by atoms with van der Waals surface area (Å²) in [6, 6.07) is 16.0. The van der Waals surface area contributed by atoms with Gasteiger partial charge in [-0.3, -0.25) is 0 Å². The molecular formula is C17H14N4OS. The topological polar surface area (TPSA) is 67.6 Å². The summed E-state index contributed by atoms with van der Waals surface area (Å²) in [5.41, 5.74) is 4.10. The van der Waals surface area contributed by atoms with Crippen LogP contribution < -0.4 is 0 Å². The summed E-state index contributed by atoms with van der Waals surface area (Å²) >= 11 is 1.56. The zero-order valence-electron chi connectivity index (χ0n) is 12.5. The molecule has 0 aliphatic carbocycles. The van der Waals surface area contributed by atoms with E-state index in [1.54, 1.807) is 11.8 Å². The molecule has 2 heterocycles. The Labute approximate surface area is 137 Å². The van der Waals surface area contributed by atoms with Crippen LogP contribution in [0.2, 0.25) is 0 Å². The smallest absolute Gasteiger partial charge is 0.257 e. The second-order valence-corrected chi connectivity index (χ2v) is 6.20. The molecule has 0 spiro atoms. The Morgan fingerprint density at radius 1 is 1.09 bits per heavy atom. The van der Waals surface area contributed by atoms with Gasteiger partial charge < -0.3 is 9.51 Å². The number of fused-ring (bicyclic) bond motifs is 1. The van der Waals surface area contributed by atoms with Gasteiger partial charge in [-0.2, -0.15) is 4.98 Å². The van der Waals surface area contributed by atoms with Gasteiger partial charge in [0.25, 0.3) is 5.89 Å². The molecule has 0 saturated heterocycles. The Morgan fingerprint density at radius 3 is 2.87 bits per heavy atom. The number of aromatic amines is 1. The molecule has 6 heteroatoms. The summed E-state index contributed by atoms with van der Waals surface area (Å²) in [4.78, 5) is 12.3. The van der Waals surface area contributed by atoms with Crippen molar-refractivity contribution in [2.75, 3.05) is 0 Å². The first-order valence-corrected chi connectivity index (χ1v) is 8.24. The molecular weight excluding hydrogens is 308 g/mol. The zero-order valence-corrected chi connectivity index (χ0v) is 13.3. The SMILES string of the molecule is Cc1cccc(-c2nc(CSc3nc4ccccc4[nH]3)no2)c1. The largest absolute Gasteiger partial charge is 0.334 e. The minimum absolute atomic E-state index is 0.550. The zero-order chi connectivity index (χ0) is 15.6. The lowest BCUT2D eigenvalue weighted by molar-refractivity contribution is 0.425. The maximum Gasteiger partial charge on any atom is 0.257 e. The lowest BCUT2D eigenvalue weighted by atomic mass is 10.1. The monoisotopic (exact) mass is 322 g/mol. The van der Waals surface area contributed by atoms with E-state index in [0.29, 0.717) is 17.5 Å². The highest BCUT2D eigenvalue weighted by molar-refractivity contribution is 7.98. The lowest BCUT2D eigenvalue weighted by Crippen LogP contribution is -1.85. The van der Waals surface area contributed by atoms with Crippen LogP contribution in [0, 0.1) is 6.92 Å². The quantitative estimate of drug-likeness (QED) is 0.570. The van der Waals surface area contributed by atoms with E-state index in [0.717, 1.165) is 21.8 Å². The number of aromatic nitrogens is 4. The average Bonchev–Trinajstić information content (AvgIpc) is 3.19. The summed E-state index contributed by atoms with van der Waals surface area (Å²) in [6.45, 7) is 2.04. The first kappa shape index (κ1) is 14.0. The van der Waals surface area contributed by atoms with Gasteiger partial charge in [-0.25, -0.2) is 4.98 Å². The molecule has 4 aromatic rings. The molecule has 1 N–H and O–H groups in total. The molecule has 0 unspecified atom stereocenters. The number of H-pyrrole nitrogens is 1. The molecule has 0 radical (unpaired) electrons. The highest BCUT2D eigenvalue weighted by Crippen LogP contribution is 2.24. The van der Waals surface area contributed by atoms with Gasteiger partial charge >= 0.3 is 0 Å². The molecule has 0 atom stereocenters. The van der Waals surface area contributed by atoms with Crippen LogP contribution in [0.1, 0.15) is 11.4 Å². The van der Waals surface area contributed by atoms with Crippen LogP contribution >= 0.6 is 11.8 Å². The minimum Gasteiger partial charge on any atom is -0.334 e. The molecule has 5 nitrogen and oxygen atoms in total.